The monoisotopic (exact) mass is 283 g/mol. The molecular weight excluding hydrogens is 262 g/mol. The topological polar surface area (TPSA) is 38.1 Å². The van der Waals surface area contributed by atoms with Crippen molar-refractivity contribution in [3.63, 3.8) is 0 Å². The Kier molecular flexibility index (Phi) is 7.84. The van der Waals surface area contributed by atoms with Crippen molar-refractivity contribution in [2.75, 3.05) is 11.4 Å². The van der Waals surface area contributed by atoms with Crippen LogP contribution in [0.2, 0.25) is 5.15 Å². The summed E-state index contributed by atoms with van der Waals surface area (Å²) in [6.07, 6.45) is 5.27. The van der Waals surface area contributed by atoms with Gasteiger partial charge < -0.3 is 4.90 Å². The van der Waals surface area contributed by atoms with E-state index in [-0.39, 0.29) is 5.91 Å². The maximum Gasteiger partial charge on any atom is 0.223 e. The fourth-order valence-electron chi connectivity index (χ4n) is 1.56. The molecule has 0 saturated carbocycles. The van der Waals surface area contributed by atoms with E-state index in [4.69, 9.17) is 11.6 Å². The van der Waals surface area contributed by atoms with Crippen LogP contribution in [0.3, 0.4) is 0 Å². The first-order chi connectivity index (χ1) is 9.04. The maximum atomic E-state index is 11.4. The molecule has 0 N–H and O–H groups in total. The van der Waals surface area contributed by atoms with E-state index in [0.29, 0.717) is 17.4 Å². The largest absolute Gasteiger partial charge is 0.309 e. The fourth-order valence-corrected chi connectivity index (χ4v) is 1.80. The van der Waals surface area contributed by atoms with Crippen LogP contribution in [0.15, 0.2) is 24.9 Å². The number of rotatable bonds is 4. The summed E-state index contributed by atoms with van der Waals surface area (Å²) in [6.45, 7) is 13.5. The number of hydrogen-bond donors (Lipinski definition) is 0. The average molecular weight is 284 g/mol. The van der Waals surface area contributed by atoms with Crippen molar-refractivity contribution in [3.05, 3.63) is 30.1 Å². The van der Waals surface area contributed by atoms with Crippen LogP contribution in [-0.4, -0.2) is 22.2 Å². The number of carbonyl (C=O) groups is 1. The van der Waals surface area contributed by atoms with E-state index >= 15 is 0 Å². The second-order valence-electron chi connectivity index (χ2n) is 3.43. The number of nitrogens with zero attached hydrogens (tertiary/aromatic N) is 3. The summed E-state index contributed by atoms with van der Waals surface area (Å²) < 4.78 is 1.61. The highest BCUT2D eigenvalue weighted by Gasteiger charge is 2.17. The van der Waals surface area contributed by atoms with E-state index in [0.717, 1.165) is 5.70 Å². The Morgan fingerprint density at radius 1 is 1.58 bits per heavy atom. The lowest BCUT2D eigenvalue weighted by molar-refractivity contribution is -0.116. The van der Waals surface area contributed by atoms with Crippen LogP contribution in [0.5, 0.6) is 0 Å². The summed E-state index contributed by atoms with van der Waals surface area (Å²) in [5, 5.41) is 4.46. The van der Waals surface area contributed by atoms with Crippen molar-refractivity contribution >= 4 is 28.9 Å². The molecule has 5 heteroatoms. The molecule has 1 amide bonds. The minimum absolute atomic E-state index is 0.0606. The second kappa shape index (κ2) is 8.53. The highest BCUT2D eigenvalue weighted by atomic mass is 35.5. The van der Waals surface area contributed by atoms with Gasteiger partial charge >= 0.3 is 0 Å². The molecule has 0 spiro atoms. The van der Waals surface area contributed by atoms with Gasteiger partial charge in [0, 0.05) is 13.5 Å². The van der Waals surface area contributed by atoms with Crippen LogP contribution in [0, 0.1) is 0 Å². The van der Waals surface area contributed by atoms with Gasteiger partial charge in [-0.1, -0.05) is 38.1 Å². The quantitative estimate of drug-likeness (QED) is 0.784. The SMILES string of the molecule is C=C/C(=C\C)n1cc(N(CC)C(C)=O)c(Cl)n1.CC. The van der Waals surface area contributed by atoms with Gasteiger partial charge in [-0.15, -0.1) is 0 Å². The summed E-state index contributed by atoms with van der Waals surface area (Å²) in [5.41, 5.74) is 1.43. The van der Waals surface area contributed by atoms with Crippen LogP contribution < -0.4 is 4.90 Å². The molecule has 0 radical (unpaired) electrons. The Labute approximate surface area is 120 Å². The standard InChI is InChI=1S/C12H16ClN3O.C2H6/c1-5-10(6-2)16-8-11(12(13)14-16)15(7-3)9(4)17;1-2/h5-6,8H,1,7H2,2-4H3;1-2H3/b10-6+;. The predicted molar refractivity (Wildman–Crippen MR) is 82.4 cm³/mol. The fraction of sp³-hybridized carbons (Fsp3) is 0.429. The van der Waals surface area contributed by atoms with Crippen LogP contribution in [-0.2, 0) is 4.79 Å². The normalized spacial score (nSPS) is 10.5. The van der Waals surface area contributed by atoms with E-state index in [1.165, 1.54) is 6.92 Å². The number of aromatic nitrogens is 2. The molecular formula is C14H22ClN3O. The third-order valence-electron chi connectivity index (χ3n) is 2.41. The molecule has 0 aromatic carbocycles. The molecule has 106 valence electrons. The summed E-state index contributed by atoms with van der Waals surface area (Å²) >= 11 is 6.03. The molecule has 0 aliphatic carbocycles. The van der Waals surface area contributed by atoms with E-state index in [1.807, 2.05) is 33.8 Å². The second-order valence-corrected chi connectivity index (χ2v) is 3.79. The molecule has 1 heterocycles. The predicted octanol–water partition coefficient (Wildman–Crippen LogP) is 3.98. The van der Waals surface area contributed by atoms with E-state index in [9.17, 15) is 4.79 Å². The number of carbonyl (C=O) groups excluding carboxylic acids is 1. The van der Waals surface area contributed by atoms with Crippen molar-refractivity contribution in [1.29, 1.82) is 0 Å². The van der Waals surface area contributed by atoms with Gasteiger partial charge in [0.1, 0.15) is 5.69 Å². The van der Waals surface area contributed by atoms with Crippen molar-refractivity contribution < 1.29 is 4.79 Å². The molecule has 0 aliphatic heterocycles. The number of amides is 1. The van der Waals surface area contributed by atoms with E-state index < -0.39 is 0 Å². The maximum absolute atomic E-state index is 11.4. The number of anilines is 1. The first-order valence-electron chi connectivity index (χ1n) is 6.37. The van der Waals surface area contributed by atoms with Crippen molar-refractivity contribution in [1.82, 2.24) is 9.78 Å². The average Bonchev–Trinajstić information content (AvgIpc) is 2.76. The van der Waals surface area contributed by atoms with Gasteiger partial charge in [-0.2, -0.15) is 5.10 Å². The Bertz CT molecular complexity index is 463. The van der Waals surface area contributed by atoms with Crippen molar-refractivity contribution in [2.24, 2.45) is 0 Å². The first-order valence-corrected chi connectivity index (χ1v) is 6.75. The molecule has 0 saturated heterocycles. The number of halogens is 1. The Hall–Kier alpha value is -1.55. The molecule has 0 unspecified atom stereocenters. The zero-order chi connectivity index (χ0) is 15.0. The van der Waals surface area contributed by atoms with Crippen LogP contribution >= 0.6 is 11.6 Å². The summed E-state index contributed by atoms with van der Waals surface area (Å²) in [7, 11) is 0. The minimum Gasteiger partial charge on any atom is -0.309 e. The van der Waals surface area contributed by atoms with Crippen molar-refractivity contribution in [2.45, 2.75) is 34.6 Å². The van der Waals surface area contributed by atoms with Crippen LogP contribution in [0.1, 0.15) is 34.6 Å². The van der Waals surface area contributed by atoms with E-state index in [1.54, 1.807) is 21.9 Å². The van der Waals surface area contributed by atoms with Gasteiger partial charge in [-0.3, -0.25) is 4.79 Å². The van der Waals surface area contributed by atoms with Gasteiger partial charge in [-0.25, -0.2) is 4.68 Å². The Morgan fingerprint density at radius 3 is 2.53 bits per heavy atom. The molecule has 1 aromatic heterocycles. The highest BCUT2D eigenvalue weighted by molar-refractivity contribution is 6.32. The molecule has 0 bridgehead atoms. The lowest BCUT2D eigenvalue weighted by Crippen LogP contribution is -2.27. The number of hydrogen-bond acceptors (Lipinski definition) is 2. The van der Waals surface area contributed by atoms with Crippen LogP contribution in [0.25, 0.3) is 5.70 Å². The van der Waals surface area contributed by atoms with Gasteiger partial charge in [0.25, 0.3) is 0 Å². The molecule has 1 aromatic rings. The molecule has 1 rings (SSSR count). The zero-order valence-corrected chi connectivity index (χ0v) is 13.0. The lowest BCUT2D eigenvalue weighted by atomic mass is 10.4. The van der Waals surface area contributed by atoms with Gasteiger partial charge in [0.2, 0.25) is 5.91 Å². The molecule has 0 aliphatic rings. The molecule has 19 heavy (non-hydrogen) atoms. The lowest BCUT2D eigenvalue weighted by Gasteiger charge is -2.16. The molecule has 0 fully saturated rings. The molecule has 0 atom stereocenters. The highest BCUT2D eigenvalue weighted by Crippen LogP contribution is 2.25. The summed E-state index contributed by atoms with van der Waals surface area (Å²) in [5.74, 6) is -0.0606. The molecule has 4 nitrogen and oxygen atoms in total. The summed E-state index contributed by atoms with van der Waals surface area (Å²) in [6, 6.07) is 0. The number of allylic oxidation sites excluding steroid dienone is 3. The third-order valence-corrected chi connectivity index (χ3v) is 2.68. The van der Waals surface area contributed by atoms with E-state index in [2.05, 4.69) is 11.7 Å². The smallest absolute Gasteiger partial charge is 0.223 e. The van der Waals surface area contributed by atoms with Gasteiger partial charge in [-0.05, 0) is 19.9 Å². The van der Waals surface area contributed by atoms with Gasteiger partial charge in [0.05, 0.1) is 11.9 Å². The minimum atomic E-state index is -0.0606. The Balaban J connectivity index is 0.00000154. The zero-order valence-electron chi connectivity index (χ0n) is 12.3. The summed E-state index contributed by atoms with van der Waals surface area (Å²) in [4.78, 5) is 13.0. The first kappa shape index (κ1) is 17.4. The van der Waals surface area contributed by atoms with Crippen LogP contribution in [0.4, 0.5) is 5.69 Å². The third kappa shape index (κ3) is 4.24. The van der Waals surface area contributed by atoms with Crippen molar-refractivity contribution in [3.8, 4) is 0 Å². The van der Waals surface area contributed by atoms with Gasteiger partial charge in [0.15, 0.2) is 5.15 Å². The Morgan fingerprint density at radius 2 is 2.16 bits per heavy atom.